The van der Waals surface area contributed by atoms with Crippen molar-refractivity contribution >= 4 is 55.4 Å². The van der Waals surface area contributed by atoms with Gasteiger partial charge in [-0.15, -0.1) is 25.3 Å². The zero-order valence-electron chi connectivity index (χ0n) is 37.0. The molecule has 0 saturated heterocycles. The topological polar surface area (TPSA) is 234 Å². The number of imidazole rings is 1. The molecule has 2 aliphatic heterocycles. The molecule has 2 aromatic carbocycles. The highest BCUT2D eigenvalue weighted by molar-refractivity contribution is 8.03. The van der Waals surface area contributed by atoms with E-state index in [9.17, 15) is 36.1 Å². The summed E-state index contributed by atoms with van der Waals surface area (Å²) in [4.78, 5) is 15.2. The van der Waals surface area contributed by atoms with Gasteiger partial charge in [0, 0.05) is 39.5 Å². The van der Waals surface area contributed by atoms with E-state index < -0.39 is 36.4 Å². The first-order valence-corrected chi connectivity index (χ1v) is 25.0. The maximum atomic E-state index is 12.8. The van der Waals surface area contributed by atoms with Crippen LogP contribution in [0.5, 0.6) is 0 Å². The summed E-state index contributed by atoms with van der Waals surface area (Å²) in [5.74, 6) is 0.293. The van der Waals surface area contributed by atoms with Crippen LogP contribution in [0.15, 0.2) is 113 Å². The maximum absolute atomic E-state index is 12.8. The highest BCUT2D eigenvalue weighted by atomic mass is 32.2. The molecule has 0 unspecified atom stereocenters. The number of anilines is 1. The Morgan fingerprint density at radius 2 is 1.56 bits per heavy atom. The van der Waals surface area contributed by atoms with Crippen LogP contribution in [0.1, 0.15) is 63.8 Å². The number of rotatable bonds is 21. The summed E-state index contributed by atoms with van der Waals surface area (Å²) < 4.78 is 94.4. The van der Waals surface area contributed by atoms with Crippen molar-refractivity contribution in [2.75, 3.05) is 49.7 Å². The standard InChI is InChI=1S/C44H52N8O11S3/c1-43(2)35-12-5-7-14-37(35)50(65(55,56)57)39(43)18-16-32-10-9-11-33(17-19-40-44(3,4)36-13-6-8-15-38(36)51(40)66(58,59)60)41(32)64-29-28-63-27-26-62-25-24-61-23-22-49-31-34(46-47-49)30-48-21-20-45-42(48)52(53)54/h5-8,12-21,31H,9-11,22-30H2,1-4H3,(H-,55,56,57,58,59,60)/p+1. The number of hydrogen-bond acceptors (Lipinski definition) is 13. The van der Waals surface area contributed by atoms with Gasteiger partial charge < -0.3 is 24.3 Å². The van der Waals surface area contributed by atoms with Crippen LogP contribution in [0, 0.1) is 10.1 Å². The Morgan fingerprint density at radius 3 is 2.27 bits per heavy atom. The third kappa shape index (κ3) is 10.8. The molecule has 2 aromatic heterocycles. The molecule has 7 rings (SSSR count). The van der Waals surface area contributed by atoms with Crippen molar-refractivity contribution in [1.29, 1.82) is 0 Å². The molecule has 0 amide bonds. The van der Waals surface area contributed by atoms with Gasteiger partial charge in [-0.3, -0.25) is 4.55 Å². The van der Waals surface area contributed by atoms with Crippen LogP contribution in [0.4, 0.5) is 17.3 Å². The second kappa shape index (κ2) is 20.3. The van der Waals surface area contributed by atoms with Gasteiger partial charge in [-0.05, 0) is 66.9 Å². The first-order chi connectivity index (χ1) is 31.4. The highest BCUT2D eigenvalue weighted by Gasteiger charge is 2.49. The van der Waals surface area contributed by atoms with E-state index in [2.05, 4.69) is 15.3 Å². The van der Waals surface area contributed by atoms with Crippen LogP contribution >= 0.6 is 11.8 Å². The van der Waals surface area contributed by atoms with Gasteiger partial charge in [0.2, 0.25) is 11.4 Å². The second-order valence-corrected chi connectivity index (χ2v) is 20.3. The van der Waals surface area contributed by atoms with Gasteiger partial charge in [0.1, 0.15) is 24.6 Å². The molecule has 0 atom stereocenters. The summed E-state index contributed by atoms with van der Waals surface area (Å²) in [5.41, 5.74) is 4.03. The molecule has 352 valence electrons. The zero-order valence-corrected chi connectivity index (χ0v) is 39.5. The summed E-state index contributed by atoms with van der Waals surface area (Å²) in [6, 6.07) is 14.2. The van der Waals surface area contributed by atoms with E-state index in [1.165, 1.54) is 17.0 Å². The lowest BCUT2D eigenvalue weighted by atomic mass is 9.81. The molecule has 19 nitrogen and oxygen atoms in total. The molecular weight excluding hydrogens is 913 g/mol. The summed E-state index contributed by atoms with van der Waals surface area (Å²) in [6.45, 7) is 10.4. The Hall–Kier alpha value is -5.33. The molecular formula is C44H53N8O11S3+. The Balaban J connectivity index is 0.985. The Labute approximate surface area is 388 Å². The van der Waals surface area contributed by atoms with Crippen molar-refractivity contribution in [3.05, 3.63) is 140 Å². The molecule has 4 heterocycles. The minimum Gasteiger partial charge on any atom is -0.390 e. The van der Waals surface area contributed by atoms with Crippen molar-refractivity contribution in [3.63, 3.8) is 0 Å². The molecule has 2 N–H and O–H groups in total. The van der Waals surface area contributed by atoms with E-state index in [-0.39, 0.29) is 12.5 Å². The molecule has 22 heteroatoms. The predicted molar refractivity (Wildman–Crippen MR) is 249 cm³/mol. The smallest absolute Gasteiger partial charge is 0.390 e. The third-order valence-corrected chi connectivity index (χ3v) is 14.5. The molecule has 1 aliphatic carbocycles. The Bertz CT molecular complexity index is 2840. The highest BCUT2D eigenvalue weighted by Crippen LogP contribution is 2.49. The van der Waals surface area contributed by atoms with Crippen LogP contribution in [0.2, 0.25) is 0 Å². The number of ether oxygens (including phenoxy) is 3. The lowest BCUT2D eigenvalue weighted by Crippen LogP contribution is -2.31. The average molecular weight is 966 g/mol. The number of benzene rings is 2. The zero-order chi connectivity index (χ0) is 47.3. The number of nitro groups is 1. The van der Waals surface area contributed by atoms with Crippen molar-refractivity contribution in [2.24, 2.45) is 0 Å². The molecule has 66 heavy (non-hydrogen) atoms. The summed E-state index contributed by atoms with van der Waals surface area (Å²) in [5, 5.41) is 19.2. The number of nitrogens with zero attached hydrogens (tertiary/aromatic N) is 8. The number of fused-ring (bicyclic) bond motifs is 2. The number of hydrogen-bond donors (Lipinski definition) is 2. The Morgan fingerprint density at radius 1 is 0.879 bits per heavy atom. The summed E-state index contributed by atoms with van der Waals surface area (Å²) in [6.07, 6.45) is 14.0. The fraction of sp³-hybridized carbons (Fsp3) is 0.409. The van der Waals surface area contributed by atoms with Crippen LogP contribution in [-0.4, -0.2) is 110 Å². The van der Waals surface area contributed by atoms with Gasteiger partial charge in [0.05, 0.1) is 63.5 Å². The number of thioether (sulfide) groups is 1. The molecule has 0 bridgehead atoms. The summed E-state index contributed by atoms with van der Waals surface area (Å²) >= 11 is 1.58. The van der Waals surface area contributed by atoms with Crippen LogP contribution in [0.25, 0.3) is 0 Å². The van der Waals surface area contributed by atoms with E-state index in [0.29, 0.717) is 93.3 Å². The van der Waals surface area contributed by atoms with E-state index >= 15 is 0 Å². The largest absolute Gasteiger partial charge is 0.512 e. The number of allylic oxidation sites excluding steroid dienone is 7. The third-order valence-electron chi connectivity index (χ3n) is 11.6. The lowest BCUT2D eigenvalue weighted by Gasteiger charge is -2.25. The second-order valence-electron chi connectivity index (χ2n) is 16.7. The fourth-order valence-electron chi connectivity index (χ4n) is 8.41. The molecule has 0 fully saturated rings. The normalized spacial score (nSPS) is 18.3. The van der Waals surface area contributed by atoms with Crippen LogP contribution in [0.3, 0.4) is 0 Å². The van der Waals surface area contributed by atoms with Crippen LogP contribution in [-0.2, 0) is 58.7 Å². The van der Waals surface area contributed by atoms with Crippen molar-refractivity contribution < 1.29 is 49.1 Å². The van der Waals surface area contributed by atoms with Crippen LogP contribution < -0.4 is 4.31 Å². The lowest BCUT2D eigenvalue weighted by molar-refractivity contribution is -0.396. The first-order valence-electron chi connectivity index (χ1n) is 21.2. The minimum atomic E-state index is -4.66. The molecule has 0 saturated carbocycles. The number of para-hydroxylation sites is 2. The van der Waals surface area contributed by atoms with Crippen molar-refractivity contribution in [1.82, 2.24) is 24.5 Å². The molecule has 3 aliphatic rings. The van der Waals surface area contributed by atoms with Gasteiger partial charge in [0.25, 0.3) is 0 Å². The van der Waals surface area contributed by atoms with Gasteiger partial charge >= 0.3 is 26.6 Å². The Kier molecular flexibility index (Phi) is 14.9. The van der Waals surface area contributed by atoms with Gasteiger partial charge in [-0.2, -0.15) is 8.42 Å². The minimum absolute atomic E-state index is 0.170. The SMILES string of the molecule is CC1(C)C(=CC=C2CCCC(C=CC3=[N+](S(=O)(=O)O)c4ccccc4C3(C)C)=C2SCCOCCOCCOCCn2cc(Cn3ccnc3[N+](=O)[O-])nn2)N(S(=O)(=O)O)c2ccccc21. The van der Waals surface area contributed by atoms with E-state index in [0.717, 1.165) is 41.9 Å². The maximum Gasteiger partial charge on any atom is 0.512 e. The van der Waals surface area contributed by atoms with E-state index in [4.69, 9.17) is 14.2 Å². The fourth-order valence-corrected chi connectivity index (χ4v) is 11.4. The first kappa shape index (κ1) is 48.6. The molecule has 0 radical (unpaired) electrons. The molecule has 0 spiro atoms. The predicted octanol–water partition coefficient (Wildman–Crippen LogP) is 6.50. The summed E-state index contributed by atoms with van der Waals surface area (Å²) in [7, 11) is -9.32. The molecule has 4 aromatic rings. The van der Waals surface area contributed by atoms with Gasteiger partial charge in [-0.1, -0.05) is 76.6 Å². The average Bonchev–Trinajstić information content (AvgIpc) is 4.02. The quantitative estimate of drug-likeness (QED) is 0.0298. The van der Waals surface area contributed by atoms with E-state index in [1.54, 1.807) is 59.1 Å². The van der Waals surface area contributed by atoms with Crippen molar-refractivity contribution in [3.8, 4) is 0 Å². The van der Waals surface area contributed by atoms with Crippen molar-refractivity contribution in [2.45, 2.75) is 70.9 Å². The monoisotopic (exact) mass is 965 g/mol. The number of aromatic nitrogens is 5. The van der Waals surface area contributed by atoms with Gasteiger partial charge in [0.15, 0.2) is 0 Å². The van der Waals surface area contributed by atoms with Gasteiger partial charge in [-0.25, -0.2) is 18.1 Å². The van der Waals surface area contributed by atoms with E-state index in [1.807, 2.05) is 64.1 Å².